The maximum absolute atomic E-state index is 11.6. The van der Waals surface area contributed by atoms with Gasteiger partial charge in [-0.1, -0.05) is 35.9 Å². The first kappa shape index (κ1) is 18.4. The van der Waals surface area contributed by atoms with Crippen LogP contribution < -0.4 is 15.2 Å². The zero-order valence-corrected chi connectivity index (χ0v) is 15.4. The third-order valence-corrected chi connectivity index (χ3v) is 4.57. The highest BCUT2D eigenvalue weighted by Crippen LogP contribution is 2.27. The highest BCUT2D eigenvalue weighted by atomic mass is 35.5. The summed E-state index contributed by atoms with van der Waals surface area (Å²) in [6.07, 6.45) is 2.47. The molecule has 1 aliphatic rings. The molecule has 0 radical (unpaired) electrons. The number of benzene rings is 2. The Hall–Kier alpha value is -2.44. The molecule has 26 heavy (non-hydrogen) atoms. The first-order valence-electron chi connectivity index (χ1n) is 8.00. The van der Waals surface area contributed by atoms with Crippen LogP contribution in [0.4, 0.5) is 0 Å². The molecule has 2 aromatic carbocycles. The van der Waals surface area contributed by atoms with Crippen LogP contribution in [0.25, 0.3) is 6.08 Å². The summed E-state index contributed by atoms with van der Waals surface area (Å²) in [6, 6.07) is 14.9. The molecule has 5 nitrogen and oxygen atoms in total. The molecule has 1 amide bonds. The Balaban J connectivity index is 1.48. The number of amidine groups is 1. The molecule has 0 saturated carbocycles. The molecule has 134 valence electrons. The number of halogens is 1. The van der Waals surface area contributed by atoms with Gasteiger partial charge >= 0.3 is 0 Å². The van der Waals surface area contributed by atoms with Crippen LogP contribution in [-0.4, -0.2) is 24.3 Å². The Bertz CT molecular complexity index is 867. The standard InChI is InChI=1S/C19H17ClN2O3S/c20-15-7-1-2-8-16(15)25-10-4-9-24-14-6-3-5-13(11-14)12-17-18(23)22-19(21)26-17/h1-3,5-8,11-12H,4,9-10H2,(H2,21,22,23)/b17-12+. The van der Waals surface area contributed by atoms with Crippen molar-refractivity contribution in [1.29, 1.82) is 0 Å². The zero-order valence-electron chi connectivity index (χ0n) is 13.9. The van der Waals surface area contributed by atoms with Crippen molar-refractivity contribution in [3.8, 4) is 11.5 Å². The van der Waals surface area contributed by atoms with Crippen LogP contribution in [0.15, 0.2) is 58.4 Å². The van der Waals surface area contributed by atoms with Gasteiger partial charge in [-0.2, -0.15) is 4.99 Å². The average molecular weight is 389 g/mol. The molecular formula is C19H17ClN2O3S. The molecule has 1 aliphatic heterocycles. The monoisotopic (exact) mass is 388 g/mol. The third-order valence-electron chi connectivity index (χ3n) is 3.44. The summed E-state index contributed by atoms with van der Waals surface area (Å²) in [5.41, 5.74) is 6.41. The van der Waals surface area contributed by atoms with Crippen LogP contribution >= 0.6 is 23.4 Å². The Morgan fingerprint density at radius 2 is 1.92 bits per heavy atom. The van der Waals surface area contributed by atoms with Crippen molar-refractivity contribution in [2.45, 2.75) is 6.42 Å². The number of para-hydroxylation sites is 1. The number of carbonyl (C=O) groups is 1. The van der Waals surface area contributed by atoms with Gasteiger partial charge < -0.3 is 15.2 Å². The van der Waals surface area contributed by atoms with Crippen LogP contribution in [0.2, 0.25) is 5.02 Å². The SMILES string of the molecule is NC1=NC(=O)/C(=C\c2cccc(OCCCOc3ccccc3Cl)c2)S1. The first-order valence-corrected chi connectivity index (χ1v) is 9.19. The van der Waals surface area contributed by atoms with E-state index < -0.39 is 0 Å². The fourth-order valence-electron chi connectivity index (χ4n) is 2.26. The van der Waals surface area contributed by atoms with Crippen molar-refractivity contribution in [2.75, 3.05) is 13.2 Å². The fourth-order valence-corrected chi connectivity index (χ4v) is 3.14. The maximum Gasteiger partial charge on any atom is 0.286 e. The number of nitrogens with two attached hydrogens (primary N) is 1. The Labute approximate surface area is 160 Å². The molecule has 0 bridgehead atoms. The Morgan fingerprint density at radius 3 is 2.69 bits per heavy atom. The van der Waals surface area contributed by atoms with E-state index in [0.717, 1.165) is 17.7 Å². The summed E-state index contributed by atoms with van der Waals surface area (Å²) in [6.45, 7) is 1.02. The van der Waals surface area contributed by atoms with E-state index in [0.29, 0.717) is 28.9 Å². The van der Waals surface area contributed by atoms with Gasteiger partial charge in [-0.3, -0.25) is 4.79 Å². The van der Waals surface area contributed by atoms with Gasteiger partial charge in [0.2, 0.25) is 0 Å². The summed E-state index contributed by atoms with van der Waals surface area (Å²) in [4.78, 5) is 15.8. The molecule has 3 rings (SSSR count). The van der Waals surface area contributed by atoms with Crippen molar-refractivity contribution in [3.63, 3.8) is 0 Å². The normalized spacial score (nSPS) is 15.2. The number of hydrogen-bond acceptors (Lipinski definition) is 5. The summed E-state index contributed by atoms with van der Waals surface area (Å²) >= 11 is 7.21. The molecule has 0 spiro atoms. The first-order chi connectivity index (χ1) is 12.6. The highest BCUT2D eigenvalue weighted by molar-refractivity contribution is 8.18. The van der Waals surface area contributed by atoms with E-state index >= 15 is 0 Å². The zero-order chi connectivity index (χ0) is 18.4. The molecule has 0 saturated heterocycles. The third kappa shape index (κ3) is 5.03. The smallest absolute Gasteiger partial charge is 0.286 e. The molecule has 0 atom stereocenters. The van der Waals surface area contributed by atoms with Crippen LogP contribution in [-0.2, 0) is 4.79 Å². The number of thioether (sulfide) groups is 1. The highest BCUT2D eigenvalue weighted by Gasteiger charge is 2.19. The number of nitrogens with zero attached hydrogens (tertiary/aromatic N) is 1. The van der Waals surface area contributed by atoms with Crippen molar-refractivity contribution < 1.29 is 14.3 Å². The second-order valence-electron chi connectivity index (χ2n) is 5.42. The molecule has 0 fully saturated rings. The second-order valence-corrected chi connectivity index (χ2v) is 6.89. The summed E-state index contributed by atoms with van der Waals surface area (Å²) < 4.78 is 11.4. The number of rotatable bonds is 7. The van der Waals surface area contributed by atoms with Crippen molar-refractivity contribution in [2.24, 2.45) is 10.7 Å². The van der Waals surface area contributed by atoms with E-state index in [9.17, 15) is 4.79 Å². The molecule has 1 heterocycles. The van der Waals surface area contributed by atoms with Crippen molar-refractivity contribution >= 4 is 40.5 Å². The van der Waals surface area contributed by atoms with E-state index in [1.54, 1.807) is 12.1 Å². The van der Waals surface area contributed by atoms with Gasteiger partial charge in [0.25, 0.3) is 5.91 Å². The van der Waals surface area contributed by atoms with Gasteiger partial charge in [0.15, 0.2) is 5.17 Å². The molecule has 0 aliphatic carbocycles. The predicted octanol–water partition coefficient (Wildman–Crippen LogP) is 4.12. The van der Waals surface area contributed by atoms with Crippen LogP contribution in [0.1, 0.15) is 12.0 Å². The topological polar surface area (TPSA) is 73.9 Å². The minimum absolute atomic E-state index is 0.271. The van der Waals surface area contributed by atoms with Gasteiger partial charge in [0, 0.05) is 6.42 Å². The van der Waals surface area contributed by atoms with Gasteiger partial charge in [-0.25, -0.2) is 0 Å². The second kappa shape index (κ2) is 8.78. The lowest BCUT2D eigenvalue weighted by Crippen LogP contribution is -2.05. The minimum Gasteiger partial charge on any atom is -0.493 e. The van der Waals surface area contributed by atoms with Crippen molar-refractivity contribution in [1.82, 2.24) is 0 Å². The van der Waals surface area contributed by atoms with Gasteiger partial charge in [0.1, 0.15) is 11.5 Å². The van der Waals surface area contributed by atoms with E-state index in [-0.39, 0.29) is 11.1 Å². The van der Waals surface area contributed by atoms with E-state index in [1.807, 2.05) is 42.5 Å². The maximum atomic E-state index is 11.6. The van der Waals surface area contributed by atoms with E-state index in [2.05, 4.69) is 4.99 Å². The molecular weight excluding hydrogens is 372 g/mol. The van der Waals surface area contributed by atoms with Crippen molar-refractivity contribution in [3.05, 3.63) is 64.0 Å². The summed E-state index contributed by atoms with van der Waals surface area (Å²) in [5.74, 6) is 1.08. The molecule has 2 aromatic rings. The van der Waals surface area contributed by atoms with E-state index in [1.165, 1.54) is 11.8 Å². The quantitative estimate of drug-likeness (QED) is 0.570. The fraction of sp³-hybridized carbons (Fsp3) is 0.158. The van der Waals surface area contributed by atoms with Gasteiger partial charge in [-0.05, 0) is 47.7 Å². The minimum atomic E-state index is -0.310. The number of carbonyl (C=O) groups excluding carboxylic acids is 1. The summed E-state index contributed by atoms with van der Waals surface area (Å²) in [5, 5.41) is 0.866. The van der Waals surface area contributed by atoms with Gasteiger partial charge in [0.05, 0.1) is 23.1 Å². The number of ether oxygens (including phenoxy) is 2. The van der Waals surface area contributed by atoms with E-state index in [4.69, 9.17) is 26.8 Å². The lowest BCUT2D eigenvalue weighted by atomic mass is 10.2. The summed E-state index contributed by atoms with van der Waals surface area (Å²) in [7, 11) is 0. The van der Waals surface area contributed by atoms with Gasteiger partial charge in [-0.15, -0.1) is 0 Å². The molecule has 2 N–H and O–H groups in total. The van der Waals surface area contributed by atoms with Crippen LogP contribution in [0, 0.1) is 0 Å². The Morgan fingerprint density at radius 1 is 1.12 bits per heavy atom. The lowest BCUT2D eigenvalue weighted by molar-refractivity contribution is -0.113. The molecule has 7 heteroatoms. The van der Waals surface area contributed by atoms with Crippen LogP contribution in [0.3, 0.4) is 0 Å². The number of amides is 1. The largest absolute Gasteiger partial charge is 0.493 e. The lowest BCUT2D eigenvalue weighted by Gasteiger charge is -2.09. The Kier molecular flexibility index (Phi) is 6.20. The average Bonchev–Trinajstić information content (AvgIpc) is 2.94. The molecule has 0 unspecified atom stereocenters. The number of hydrogen-bond donors (Lipinski definition) is 1. The molecule has 0 aromatic heterocycles. The predicted molar refractivity (Wildman–Crippen MR) is 106 cm³/mol. The van der Waals surface area contributed by atoms with Crippen LogP contribution in [0.5, 0.6) is 11.5 Å². The number of aliphatic imine (C=N–C) groups is 1.